The minimum absolute atomic E-state index is 0.0305. The molecule has 0 radical (unpaired) electrons. The highest BCUT2D eigenvalue weighted by Gasteiger charge is 2.30. The number of benzene rings is 1. The summed E-state index contributed by atoms with van der Waals surface area (Å²) in [6, 6.07) is 8.23. The molecule has 21 heavy (non-hydrogen) atoms. The summed E-state index contributed by atoms with van der Waals surface area (Å²) in [5.74, 6) is 1.48. The molecule has 2 aromatic rings. The van der Waals surface area contributed by atoms with Crippen LogP contribution in [0.3, 0.4) is 0 Å². The Morgan fingerprint density at radius 3 is 2.62 bits per heavy atom. The molecule has 1 aliphatic rings. The lowest BCUT2D eigenvalue weighted by molar-refractivity contribution is -0.135. The zero-order valence-corrected chi connectivity index (χ0v) is 12.5. The highest BCUT2D eigenvalue weighted by Crippen LogP contribution is 2.29. The highest BCUT2D eigenvalue weighted by molar-refractivity contribution is 5.57. The topological polar surface area (TPSA) is 61.2 Å². The van der Waals surface area contributed by atoms with Crippen LogP contribution in [0.2, 0.25) is 0 Å². The number of hydrogen-bond donors (Lipinski definition) is 1. The van der Waals surface area contributed by atoms with Crippen LogP contribution in [0.5, 0.6) is 0 Å². The van der Waals surface area contributed by atoms with Gasteiger partial charge in [-0.25, -0.2) is 4.68 Å². The van der Waals surface area contributed by atoms with Gasteiger partial charge in [0.1, 0.15) is 6.04 Å². The summed E-state index contributed by atoms with van der Waals surface area (Å²) in [4.78, 5) is 4.58. The molecule has 1 N–H and O–H groups in total. The number of rotatable bonds is 4. The van der Waals surface area contributed by atoms with Crippen molar-refractivity contribution in [3.63, 3.8) is 0 Å². The van der Waals surface area contributed by atoms with Crippen LogP contribution in [0.4, 0.5) is 5.95 Å². The number of fused-ring (bicyclic) bond motifs is 1. The fourth-order valence-corrected chi connectivity index (χ4v) is 2.62. The monoisotopic (exact) mass is 288 g/mol. The SMILES string of the molecule is COC(OC)C1CCNc2nc(-c3ccc(C)cc3)nn21. The fourth-order valence-electron chi connectivity index (χ4n) is 2.62. The summed E-state index contributed by atoms with van der Waals surface area (Å²) >= 11 is 0. The Morgan fingerprint density at radius 1 is 1.24 bits per heavy atom. The fraction of sp³-hybridized carbons (Fsp3) is 0.467. The van der Waals surface area contributed by atoms with Crippen LogP contribution >= 0.6 is 0 Å². The molecule has 1 aromatic carbocycles. The molecule has 0 amide bonds. The van der Waals surface area contributed by atoms with E-state index >= 15 is 0 Å². The van der Waals surface area contributed by atoms with Crippen molar-refractivity contribution < 1.29 is 9.47 Å². The van der Waals surface area contributed by atoms with Gasteiger partial charge >= 0.3 is 0 Å². The summed E-state index contributed by atoms with van der Waals surface area (Å²) in [6.07, 6.45) is 0.564. The second kappa shape index (κ2) is 5.83. The predicted molar refractivity (Wildman–Crippen MR) is 80.1 cm³/mol. The summed E-state index contributed by atoms with van der Waals surface area (Å²) in [5.41, 5.74) is 2.23. The van der Waals surface area contributed by atoms with Crippen molar-refractivity contribution in [1.82, 2.24) is 14.8 Å². The molecule has 6 nitrogen and oxygen atoms in total. The summed E-state index contributed by atoms with van der Waals surface area (Å²) in [6.45, 7) is 2.90. The number of nitrogens with zero attached hydrogens (tertiary/aromatic N) is 3. The maximum absolute atomic E-state index is 5.39. The summed E-state index contributed by atoms with van der Waals surface area (Å²) in [7, 11) is 3.29. The Kier molecular flexibility index (Phi) is 3.90. The minimum atomic E-state index is -0.321. The molecule has 1 aliphatic heterocycles. The van der Waals surface area contributed by atoms with E-state index in [9.17, 15) is 0 Å². The van der Waals surface area contributed by atoms with Gasteiger partial charge in [0.15, 0.2) is 12.1 Å². The van der Waals surface area contributed by atoms with Crippen LogP contribution in [0.15, 0.2) is 24.3 Å². The van der Waals surface area contributed by atoms with Gasteiger partial charge < -0.3 is 14.8 Å². The number of ether oxygens (including phenoxy) is 2. The molecule has 0 spiro atoms. The maximum Gasteiger partial charge on any atom is 0.222 e. The van der Waals surface area contributed by atoms with Crippen LogP contribution in [0, 0.1) is 6.92 Å². The van der Waals surface area contributed by atoms with Crippen LogP contribution in [0.25, 0.3) is 11.4 Å². The lowest BCUT2D eigenvalue weighted by atomic mass is 10.1. The third-order valence-corrected chi connectivity index (χ3v) is 3.76. The number of aryl methyl sites for hydroxylation is 1. The van der Waals surface area contributed by atoms with E-state index in [4.69, 9.17) is 9.47 Å². The molecule has 0 saturated carbocycles. The molecule has 0 aliphatic carbocycles. The number of aromatic nitrogens is 3. The molecule has 6 heteroatoms. The second-order valence-corrected chi connectivity index (χ2v) is 5.19. The molecule has 112 valence electrons. The van der Waals surface area contributed by atoms with Crippen molar-refractivity contribution in [2.24, 2.45) is 0 Å². The van der Waals surface area contributed by atoms with E-state index in [1.165, 1.54) is 5.56 Å². The van der Waals surface area contributed by atoms with Crippen molar-refractivity contribution in [1.29, 1.82) is 0 Å². The van der Waals surface area contributed by atoms with Crippen molar-refractivity contribution in [3.05, 3.63) is 29.8 Å². The molecule has 1 unspecified atom stereocenters. The van der Waals surface area contributed by atoms with Crippen LogP contribution in [-0.4, -0.2) is 41.8 Å². The maximum atomic E-state index is 5.39. The van der Waals surface area contributed by atoms with Crippen LogP contribution in [-0.2, 0) is 9.47 Å². The van der Waals surface area contributed by atoms with E-state index in [0.717, 1.165) is 30.3 Å². The van der Waals surface area contributed by atoms with Crippen molar-refractivity contribution in [2.75, 3.05) is 26.1 Å². The minimum Gasteiger partial charge on any atom is -0.354 e. The largest absolute Gasteiger partial charge is 0.354 e. The summed E-state index contributed by atoms with van der Waals surface area (Å²) < 4.78 is 12.6. The molecule has 1 atom stereocenters. The van der Waals surface area contributed by atoms with Gasteiger partial charge in [-0.05, 0) is 13.3 Å². The van der Waals surface area contributed by atoms with Gasteiger partial charge in [0, 0.05) is 26.3 Å². The van der Waals surface area contributed by atoms with Crippen LogP contribution in [0.1, 0.15) is 18.0 Å². The molecular formula is C15H20N4O2. The van der Waals surface area contributed by atoms with E-state index in [1.54, 1.807) is 14.2 Å². The average Bonchev–Trinajstić information content (AvgIpc) is 2.94. The molecule has 0 bridgehead atoms. The first-order valence-corrected chi connectivity index (χ1v) is 7.06. The number of hydrogen-bond acceptors (Lipinski definition) is 5. The van der Waals surface area contributed by atoms with Gasteiger partial charge in [-0.2, -0.15) is 4.98 Å². The molecular weight excluding hydrogens is 268 g/mol. The standard InChI is InChI=1S/C15H20N4O2/c1-10-4-6-11(7-5-10)13-17-15-16-9-8-12(19(15)18-13)14(20-2)21-3/h4-7,12,14H,8-9H2,1-3H3,(H,16,17,18). The van der Waals surface area contributed by atoms with Gasteiger partial charge in [-0.3, -0.25) is 0 Å². The normalized spacial score (nSPS) is 17.6. The Morgan fingerprint density at radius 2 is 1.95 bits per heavy atom. The summed E-state index contributed by atoms with van der Waals surface area (Å²) in [5, 5.41) is 7.91. The smallest absolute Gasteiger partial charge is 0.222 e. The van der Waals surface area contributed by atoms with E-state index < -0.39 is 0 Å². The zero-order chi connectivity index (χ0) is 14.8. The Labute approximate surface area is 124 Å². The molecule has 2 heterocycles. The Balaban J connectivity index is 1.95. The highest BCUT2D eigenvalue weighted by atomic mass is 16.7. The van der Waals surface area contributed by atoms with E-state index in [1.807, 2.05) is 16.8 Å². The molecule has 1 aromatic heterocycles. The van der Waals surface area contributed by atoms with E-state index in [2.05, 4.69) is 34.5 Å². The van der Waals surface area contributed by atoms with E-state index in [-0.39, 0.29) is 12.3 Å². The Hall–Kier alpha value is -1.92. The zero-order valence-electron chi connectivity index (χ0n) is 12.5. The first-order chi connectivity index (χ1) is 10.2. The first-order valence-electron chi connectivity index (χ1n) is 7.06. The Bertz CT molecular complexity index is 605. The molecule has 0 saturated heterocycles. The number of anilines is 1. The lowest BCUT2D eigenvalue weighted by Crippen LogP contribution is -2.34. The third-order valence-electron chi connectivity index (χ3n) is 3.76. The third kappa shape index (κ3) is 2.64. The predicted octanol–water partition coefficient (Wildman–Crippen LogP) is 2.23. The number of methoxy groups -OCH3 is 2. The second-order valence-electron chi connectivity index (χ2n) is 5.19. The average molecular weight is 288 g/mol. The molecule has 3 rings (SSSR count). The van der Waals surface area contributed by atoms with E-state index in [0.29, 0.717) is 0 Å². The molecule has 0 fully saturated rings. The number of nitrogens with one attached hydrogen (secondary N) is 1. The van der Waals surface area contributed by atoms with Crippen molar-refractivity contribution in [2.45, 2.75) is 25.7 Å². The quantitative estimate of drug-likeness (QED) is 0.874. The van der Waals surface area contributed by atoms with Gasteiger partial charge in [0.25, 0.3) is 0 Å². The van der Waals surface area contributed by atoms with Gasteiger partial charge in [-0.15, -0.1) is 5.10 Å². The first kappa shape index (κ1) is 14.0. The lowest BCUT2D eigenvalue weighted by Gasteiger charge is -2.29. The van der Waals surface area contributed by atoms with Crippen molar-refractivity contribution in [3.8, 4) is 11.4 Å². The van der Waals surface area contributed by atoms with Gasteiger partial charge in [-0.1, -0.05) is 29.8 Å². The van der Waals surface area contributed by atoms with Gasteiger partial charge in [0.05, 0.1) is 0 Å². The van der Waals surface area contributed by atoms with Crippen molar-refractivity contribution >= 4 is 5.95 Å². The van der Waals surface area contributed by atoms with Crippen LogP contribution < -0.4 is 5.32 Å². The van der Waals surface area contributed by atoms with Gasteiger partial charge in [0.2, 0.25) is 5.95 Å².